The van der Waals surface area contributed by atoms with Gasteiger partial charge in [0.15, 0.2) is 0 Å². The molecular formula is C58H39N3S. The predicted octanol–water partition coefficient (Wildman–Crippen LogP) is 16.9. The first kappa shape index (κ1) is 36.0. The van der Waals surface area contributed by atoms with E-state index in [1.165, 1.54) is 52.8 Å². The molecule has 0 saturated carbocycles. The van der Waals surface area contributed by atoms with Crippen molar-refractivity contribution in [2.75, 3.05) is 9.80 Å². The van der Waals surface area contributed by atoms with E-state index in [2.05, 4.69) is 251 Å². The van der Waals surface area contributed by atoms with Crippen LogP contribution in [0.1, 0.15) is 0 Å². The topological polar surface area (TPSA) is 11.4 Å². The molecular weight excluding hydrogens is 771 g/mol. The van der Waals surface area contributed by atoms with Crippen LogP contribution in [0.25, 0.3) is 69.6 Å². The maximum atomic E-state index is 2.45. The fourth-order valence-electron chi connectivity index (χ4n) is 9.32. The fourth-order valence-corrected chi connectivity index (χ4v) is 10.4. The molecule has 3 nitrogen and oxygen atoms in total. The van der Waals surface area contributed by atoms with E-state index in [1.54, 1.807) is 0 Å². The van der Waals surface area contributed by atoms with Crippen molar-refractivity contribution in [3.63, 3.8) is 0 Å². The van der Waals surface area contributed by atoms with Crippen molar-refractivity contribution in [2.45, 2.75) is 0 Å². The molecule has 0 aliphatic rings. The minimum atomic E-state index is 1.07. The van der Waals surface area contributed by atoms with E-state index < -0.39 is 0 Å². The molecule has 0 radical (unpaired) electrons. The third-order valence-electron chi connectivity index (χ3n) is 12.1. The lowest BCUT2D eigenvalue weighted by atomic mass is 9.98. The first-order valence-corrected chi connectivity index (χ1v) is 21.9. The highest BCUT2D eigenvalue weighted by molar-refractivity contribution is 7.26. The van der Waals surface area contributed by atoms with Crippen LogP contribution >= 0.6 is 11.3 Å². The highest BCUT2D eigenvalue weighted by atomic mass is 32.1. The Morgan fingerprint density at radius 2 is 0.823 bits per heavy atom. The van der Waals surface area contributed by atoms with Crippen molar-refractivity contribution in [3.8, 4) is 16.8 Å². The largest absolute Gasteiger partial charge is 0.310 e. The second-order valence-electron chi connectivity index (χ2n) is 15.8. The Labute approximate surface area is 364 Å². The number of anilines is 6. The Balaban J connectivity index is 1.13. The molecule has 2 aromatic heterocycles. The normalized spacial score (nSPS) is 11.5. The van der Waals surface area contributed by atoms with Gasteiger partial charge in [0.2, 0.25) is 0 Å². The van der Waals surface area contributed by atoms with Gasteiger partial charge in [0.05, 0.1) is 11.0 Å². The molecule has 12 aromatic rings. The van der Waals surface area contributed by atoms with Crippen LogP contribution in [-0.2, 0) is 0 Å². The number of thiophene rings is 1. The van der Waals surface area contributed by atoms with Crippen LogP contribution in [0.2, 0.25) is 0 Å². The molecule has 12 rings (SSSR count). The number of hydrogen-bond donors (Lipinski definition) is 0. The van der Waals surface area contributed by atoms with E-state index in [0.29, 0.717) is 0 Å². The van der Waals surface area contributed by atoms with E-state index >= 15 is 0 Å². The second kappa shape index (κ2) is 15.0. The van der Waals surface area contributed by atoms with Crippen LogP contribution in [-0.4, -0.2) is 4.57 Å². The molecule has 0 aliphatic heterocycles. The minimum absolute atomic E-state index is 1.07. The van der Waals surface area contributed by atoms with Gasteiger partial charge in [-0.25, -0.2) is 0 Å². The number of fused-ring (bicyclic) bond motifs is 8. The number of para-hydroxylation sites is 5. The van der Waals surface area contributed by atoms with Crippen molar-refractivity contribution >= 4 is 98.2 Å². The zero-order valence-electron chi connectivity index (χ0n) is 33.8. The lowest BCUT2D eigenvalue weighted by molar-refractivity contribution is 1.18. The van der Waals surface area contributed by atoms with Crippen LogP contribution < -0.4 is 9.80 Å². The molecule has 292 valence electrons. The van der Waals surface area contributed by atoms with Gasteiger partial charge in [-0.05, 0) is 137 Å². The summed E-state index contributed by atoms with van der Waals surface area (Å²) >= 11 is 1.87. The van der Waals surface area contributed by atoms with E-state index in [9.17, 15) is 0 Å². The lowest BCUT2D eigenvalue weighted by Gasteiger charge is -2.30. The zero-order valence-corrected chi connectivity index (χ0v) is 34.6. The summed E-state index contributed by atoms with van der Waals surface area (Å²) in [6.07, 6.45) is 0. The molecule has 10 aromatic carbocycles. The summed E-state index contributed by atoms with van der Waals surface area (Å²) in [6, 6.07) is 85.9. The average molecular weight is 810 g/mol. The van der Waals surface area contributed by atoms with Crippen LogP contribution in [0.15, 0.2) is 237 Å². The quantitative estimate of drug-likeness (QED) is 0.151. The Hall–Kier alpha value is -7.92. The van der Waals surface area contributed by atoms with Gasteiger partial charge in [-0.3, -0.25) is 0 Å². The maximum absolute atomic E-state index is 2.45. The van der Waals surface area contributed by atoms with Crippen molar-refractivity contribution in [3.05, 3.63) is 237 Å². The highest BCUT2D eigenvalue weighted by Gasteiger charge is 2.21. The van der Waals surface area contributed by atoms with E-state index in [4.69, 9.17) is 0 Å². The molecule has 0 N–H and O–H groups in total. The SMILES string of the molecule is c1ccc(N(c2ccccc2)c2cc(-c3ccc4c(c3)c3cc5ccc6sc7ccccc7c6c5cc3n4-c3ccccc3)cc(N(c3ccccc3)c3ccccc3)c2)cc1. The summed E-state index contributed by atoms with van der Waals surface area (Å²) in [5.74, 6) is 0. The van der Waals surface area contributed by atoms with Crippen LogP contribution in [0.5, 0.6) is 0 Å². The van der Waals surface area contributed by atoms with Crippen LogP contribution in [0, 0.1) is 0 Å². The van der Waals surface area contributed by atoms with E-state index in [-0.39, 0.29) is 0 Å². The van der Waals surface area contributed by atoms with Crippen molar-refractivity contribution in [1.82, 2.24) is 4.57 Å². The first-order chi connectivity index (χ1) is 30.7. The Morgan fingerprint density at radius 3 is 1.40 bits per heavy atom. The molecule has 0 amide bonds. The molecule has 0 spiro atoms. The van der Waals surface area contributed by atoms with Crippen molar-refractivity contribution < 1.29 is 0 Å². The Bertz CT molecular complexity index is 3380. The standard InChI is InChI=1S/C58H39N3S/c1-6-18-43(19-7-1)59(44-20-8-2-9-21-44)48-34-42(35-49(38-48)60(45-22-10-3-11-23-45)46-24-12-4-13-25-46)40-30-32-54-52(36-40)53-37-41-31-33-57-58(50-28-16-17-29-56(50)62-57)51(41)39-55(53)61(54)47-26-14-5-15-27-47/h1-39H. The molecule has 62 heavy (non-hydrogen) atoms. The Morgan fingerprint density at radius 1 is 0.306 bits per heavy atom. The minimum Gasteiger partial charge on any atom is -0.310 e. The highest BCUT2D eigenvalue weighted by Crippen LogP contribution is 2.46. The summed E-state index contributed by atoms with van der Waals surface area (Å²) in [5.41, 5.74) is 12.3. The summed E-state index contributed by atoms with van der Waals surface area (Å²) in [4.78, 5) is 4.73. The molecule has 4 heteroatoms. The van der Waals surface area contributed by atoms with E-state index in [0.717, 1.165) is 50.9 Å². The summed E-state index contributed by atoms with van der Waals surface area (Å²) in [5, 5.41) is 7.64. The maximum Gasteiger partial charge on any atom is 0.0547 e. The van der Waals surface area contributed by atoms with E-state index in [1.807, 2.05) is 11.3 Å². The monoisotopic (exact) mass is 809 g/mol. The third-order valence-corrected chi connectivity index (χ3v) is 13.2. The molecule has 0 unspecified atom stereocenters. The zero-order chi connectivity index (χ0) is 41.0. The van der Waals surface area contributed by atoms with Crippen molar-refractivity contribution in [1.29, 1.82) is 0 Å². The van der Waals surface area contributed by atoms with Crippen LogP contribution in [0.4, 0.5) is 34.1 Å². The number of hydrogen-bond acceptors (Lipinski definition) is 3. The van der Waals surface area contributed by atoms with Gasteiger partial charge in [-0.2, -0.15) is 0 Å². The molecule has 0 saturated heterocycles. The summed E-state index contributed by atoms with van der Waals surface area (Å²) in [7, 11) is 0. The van der Waals surface area contributed by atoms with Gasteiger partial charge in [-0.1, -0.05) is 121 Å². The third kappa shape index (κ3) is 6.11. The lowest BCUT2D eigenvalue weighted by Crippen LogP contribution is -2.13. The van der Waals surface area contributed by atoms with Gasteiger partial charge in [0.25, 0.3) is 0 Å². The second-order valence-corrected chi connectivity index (χ2v) is 16.9. The fraction of sp³-hybridized carbons (Fsp3) is 0. The van der Waals surface area contributed by atoms with Gasteiger partial charge in [-0.15, -0.1) is 11.3 Å². The molecule has 0 atom stereocenters. The van der Waals surface area contributed by atoms with Gasteiger partial charge in [0, 0.05) is 70.8 Å². The molecule has 0 aliphatic carbocycles. The average Bonchev–Trinajstić information content (AvgIpc) is 3.88. The smallest absolute Gasteiger partial charge is 0.0547 e. The summed E-state index contributed by atoms with van der Waals surface area (Å²) < 4.78 is 5.09. The predicted molar refractivity (Wildman–Crippen MR) is 266 cm³/mol. The molecule has 0 fully saturated rings. The Kier molecular flexibility index (Phi) is 8.68. The first-order valence-electron chi connectivity index (χ1n) is 21.1. The number of nitrogens with zero attached hydrogens (tertiary/aromatic N) is 3. The number of aromatic nitrogens is 1. The number of rotatable bonds is 8. The van der Waals surface area contributed by atoms with Crippen molar-refractivity contribution in [2.24, 2.45) is 0 Å². The number of benzene rings is 10. The molecule has 0 bridgehead atoms. The molecule has 2 heterocycles. The van der Waals surface area contributed by atoms with Crippen LogP contribution in [0.3, 0.4) is 0 Å². The van der Waals surface area contributed by atoms with Gasteiger partial charge >= 0.3 is 0 Å². The van der Waals surface area contributed by atoms with Gasteiger partial charge < -0.3 is 14.4 Å². The summed E-state index contributed by atoms with van der Waals surface area (Å²) in [6.45, 7) is 0. The van der Waals surface area contributed by atoms with Gasteiger partial charge in [0.1, 0.15) is 0 Å².